The standard InChI is InChI=1S/C25H25N3O2S2/c1-4-30-21-6-5-7-22-23(21)27-25(32-22)28(16-18-12-14-26-15-13-18)24(29)19-8-10-20(11-9-19)31-17(2)3/h5-15,17H,4,16H2,1-3H3. The molecule has 5 nitrogen and oxygen atoms in total. The predicted octanol–water partition coefficient (Wildman–Crippen LogP) is 6.44. The number of aromatic nitrogens is 2. The predicted molar refractivity (Wildman–Crippen MR) is 133 cm³/mol. The van der Waals surface area contributed by atoms with Crippen molar-refractivity contribution in [3.8, 4) is 5.75 Å². The van der Waals surface area contributed by atoms with Gasteiger partial charge < -0.3 is 4.74 Å². The lowest BCUT2D eigenvalue weighted by molar-refractivity contribution is 0.0985. The van der Waals surface area contributed by atoms with E-state index in [-0.39, 0.29) is 5.91 Å². The topological polar surface area (TPSA) is 55.3 Å². The van der Waals surface area contributed by atoms with Crippen molar-refractivity contribution in [1.82, 2.24) is 9.97 Å². The third-order valence-electron chi connectivity index (χ3n) is 4.71. The first-order valence-electron chi connectivity index (χ1n) is 10.5. The van der Waals surface area contributed by atoms with E-state index in [1.165, 1.54) is 11.3 Å². The first-order valence-corrected chi connectivity index (χ1v) is 12.2. The van der Waals surface area contributed by atoms with Crippen LogP contribution >= 0.6 is 23.1 Å². The van der Waals surface area contributed by atoms with Crippen molar-refractivity contribution in [2.75, 3.05) is 11.5 Å². The van der Waals surface area contributed by atoms with E-state index in [1.807, 2.05) is 61.5 Å². The molecule has 0 aliphatic rings. The van der Waals surface area contributed by atoms with Gasteiger partial charge in [0.25, 0.3) is 5.91 Å². The quantitative estimate of drug-likeness (QED) is 0.282. The lowest BCUT2D eigenvalue weighted by Gasteiger charge is -2.20. The summed E-state index contributed by atoms with van der Waals surface area (Å²) in [7, 11) is 0. The molecule has 0 radical (unpaired) electrons. The first kappa shape index (κ1) is 22.3. The van der Waals surface area contributed by atoms with Gasteiger partial charge in [0, 0.05) is 28.1 Å². The van der Waals surface area contributed by atoms with Gasteiger partial charge in [0.1, 0.15) is 11.3 Å². The van der Waals surface area contributed by atoms with Crippen molar-refractivity contribution in [1.29, 1.82) is 0 Å². The van der Waals surface area contributed by atoms with E-state index in [9.17, 15) is 4.79 Å². The molecule has 0 atom stereocenters. The molecule has 164 valence electrons. The SMILES string of the molecule is CCOc1cccc2sc(N(Cc3ccncc3)C(=O)c3ccc(SC(C)C)cc3)nc12. The van der Waals surface area contributed by atoms with Crippen LogP contribution in [0.3, 0.4) is 0 Å². The zero-order valence-corrected chi connectivity index (χ0v) is 20.0. The average Bonchev–Trinajstić information content (AvgIpc) is 3.23. The van der Waals surface area contributed by atoms with Crippen molar-refractivity contribution in [3.05, 3.63) is 78.1 Å². The van der Waals surface area contributed by atoms with Crippen LogP contribution < -0.4 is 9.64 Å². The van der Waals surface area contributed by atoms with Crippen molar-refractivity contribution in [3.63, 3.8) is 0 Å². The highest BCUT2D eigenvalue weighted by atomic mass is 32.2. The van der Waals surface area contributed by atoms with E-state index in [1.54, 1.807) is 29.1 Å². The van der Waals surface area contributed by atoms with Gasteiger partial charge in [-0.15, -0.1) is 11.8 Å². The summed E-state index contributed by atoms with van der Waals surface area (Å²) in [6, 6.07) is 17.5. The van der Waals surface area contributed by atoms with Crippen LogP contribution in [0.15, 0.2) is 71.9 Å². The number of para-hydroxylation sites is 1. The van der Waals surface area contributed by atoms with E-state index in [4.69, 9.17) is 9.72 Å². The van der Waals surface area contributed by atoms with Gasteiger partial charge in [-0.2, -0.15) is 0 Å². The molecular weight excluding hydrogens is 438 g/mol. The number of thiazole rings is 1. The first-order chi connectivity index (χ1) is 15.5. The molecule has 4 rings (SSSR count). The van der Waals surface area contributed by atoms with Gasteiger partial charge in [0.05, 0.1) is 17.9 Å². The monoisotopic (exact) mass is 463 g/mol. The summed E-state index contributed by atoms with van der Waals surface area (Å²) < 4.78 is 6.74. The summed E-state index contributed by atoms with van der Waals surface area (Å²) in [5.74, 6) is 0.652. The normalized spacial score (nSPS) is 11.1. The van der Waals surface area contributed by atoms with E-state index in [0.717, 1.165) is 26.4 Å². The number of fused-ring (bicyclic) bond motifs is 1. The Bertz CT molecular complexity index is 1190. The number of amides is 1. The number of rotatable bonds is 8. The third kappa shape index (κ3) is 5.11. The lowest BCUT2D eigenvalue weighted by atomic mass is 10.2. The maximum absolute atomic E-state index is 13.6. The van der Waals surface area contributed by atoms with Crippen LogP contribution in [0.25, 0.3) is 10.2 Å². The summed E-state index contributed by atoms with van der Waals surface area (Å²) in [5.41, 5.74) is 2.41. The Hall–Kier alpha value is -2.90. The Morgan fingerprint density at radius 3 is 2.53 bits per heavy atom. The number of nitrogens with zero attached hydrogens (tertiary/aromatic N) is 3. The van der Waals surface area contributed by atoms with Gasteiger partial charge in [0.2, 0.25) is 0 Å². The molecule has 0 unspecified atom stereocenters. The number of thioether (sulfide) groups is 1. The molecule has 0 saturated carbocycles. The van der Waals surface area contributed by atoms with E-state index in [2.05, 4.69) is 18.8 Å². The lowest BCUT2D eigenvalue weighted by Crippen LogP contribution is -2.30. The molecule has 0 aliphatic carbocycles. The molecule has 0 spiro atoms. The van der Waals surface area contributed by atoms with E-state index < -0.39 is 0 Å². The number of pyridine rings is 1. The number of carbonyl (C=O) groups is 1. The van der Waals surface area contributed by atoms with Crippen LogP contribution in [0.5, 0.6) is 5.75 Å². The van der Waals surface area contributed by atoms with Gasteiger partial charge in [-0.05, 0) is 61.0 Å². The number of hydrogen-bond donors (Lipinski definition) is 0. The van der Waals surface area contributed by atoms with Crippen LogP contribution in [-0.4, -0.2) is 27.7 Å². The van der Waals surface area contributed by atoms with Crippen LogP contribution in [-0.2, 0) is 6.54 Å². The molecule has 32 heavy (non-hydrogen) atoms. The van der Waals surface area contributed by atoms with Gasteiger partial charge in [-0.25, -0.2) is 4.98 Å². The smallest absolute Gasteiger partial charge is 0.260 e. The summed E-state index contributed by atoms with van der Waals surface area (Å²) >= 11 is 3.27. The molecule has 7 heteroatoms. The molecule has 2 aromatic carbocycles. The molecule has 1 amide bonds. The van der Waals surface area contributed by atoms with Crippen LogP contribution in [0.1, 0.15) is 36.7 Å². The highest BCUT2D eigenvalue weighted by molar-refractivity contribution is 7.99. The second-order valence-electron chi connectivity index (χ2n) is 7.47. The number of carbonyl (C=O) groups excluding carboxylic acids is 1. The molecule has 0 saturated heterocycles. The molecule has 0 N–H and O–H groups in total. The zero-order valence-electron chi connectivity index (χ0n) is 18.3. The van der Waals surface area contributed by atoms with Gasteiger partial charge in [-0.3, -0.25) is 14.7 Å². The number of benzene rings is 2. The minimum absolute atomic E-state index is 0.0834. The third-order valence-corrected chi connectivity index (χ3v) is 6.77. The Kier molecular flexibility index (Phi) is 7.07. The summed E-state index contributed by atoms with van der Waals surface area (Å²) in [4.78, 5) is 25.4. The average molecular weight is 464 g/mol. The molecular formula is C25H25N3O2S2. The minimum atomic E-state index is -0.0834. The number of hydrogen-bond acceptors (Lipinski definition) is 6. The van der Waals surface area contributed by atoms with E-state index in [0.29, 0.717) is 29.1 Å². The van der Waals surface area contributed by atoms with Crippen molar-refractivity contribution < 1.29 is 9.53 Å². The van der Waals surface area contributed by atoms with Gasteiger partial charge >= 0.3 is 0 Å². The number of ether oxygens (including phenoxy) is 1. The molecule has 2 aromatic heterocycles. The molecule has 0 fully saturated rings. The Morgan fingerprint density at radius 1 is 1.09 bits per heavy atom. The molecule has 0 aliphatic heterocycles. The van der Waals surface area contributed by atoms with Gasteiger partial charge in [-0.1, -0.05) is 31.3 Å². The fourth-order valence-electron chi connectivity index (χ4n) is 3.30. The maximum Gasteiger partial charge on any atom is 0.260 e. The molecule has 4 aromatic rings. The summed E-state index contributed by atoms with van der Waals surface area (Å²) in [6.45, 7) is 7.24. The zero-order chi connectivity index (χ0) is 22.5. The Balaban J connectivity index is 1.71. The van der Waals surface area contributed by atoms with E-state index >= 15 is 0 Å². The Labute approximate surface area is 196 Å². The second kappa shape index (κ2) is 10.1. The highest BCUT2D eigenvalue weighted by Crippen LogP contribution is 2.35. The second-order valence-corrected chi connectivity index (χ2v) is 10.1. The van der Waals surface area contributed by atoms with Crippen molar-refractivity contribution >= 4 is 44.4 Å². The summed E-state index contributed by atoms with van der Waals surface area (Å²) in [6.07, 6.45) is 3.48. The fourth-order valence-corrected chi connectivity index (χ4v) is 5.12. The van der Waals surface area contributed by atoms with Gasteiger partial charge in [0.15, 0.2) is 5.13 Å². The van der Waals surface area contributed by atoms with Crippen LogP contribution in [0.2, 0.25) is 0 Å². The summed E-state index contributed by atoms with van der Waals surface area (Å²) in [5, 5.41) is 1.14. The van der Waals surface area contributed by atoms with Crippen molar-refractivity contribution in [2.45, 2.75) is 37.5 Å². The highest BCUT2D eigenvalue weighted by Gasteiger charge is 2.23. The molecule has 0 bridgehead atoms. The maximum atomic E-state index is 13.6. The van der Waals surface area contributed by atoms with Crippen LogP contribution in [0.4, 0.5) is 5.13 Å². The Morgan fingerprint density at radius 2 is 1.84 bits per heavy atom. The van der Waals surface area contributed by atoms with Crippen molar-refractivity contribution in [2.24, 2.45) is 0 Å². The van der Waals surface area contributed by atoms with Crippen LogP contribution in [0, 0.1) is 0 Å². The molecule has 2 heterocycles. The fraction of sp³-hybridized carbons (Fsp3) is 0.240. The largest absolute Gasteiger partial charge is 0.492 e. The number of anilines is 1. The minimum Gasteiger partial charge on any atom is -0.492 e.